The van der Waals surface area contributed by atoms with Crippen molar-refractivity contribution < 1.29 is 0 Å². The van der Waals surface area contributed by atoms with Crippen molar-refractivity contribution in [1.82, 2.24) is 15.3 Å². The Morgan fingerprint density at radius 3 is 3.18 bits per heavy atom. The Balaban J connectivity index is 2.80. The third kappa shape index (κ3) is 1.67. The highest BCUT2D eigenvalue weighted by molar-refractivity contribution is 5.95. The molecule has 1 aromatic rings. The van der Waals surface area contributed by atoms with E-state index in [2.05, 4.69) is 26.9 Å². The number of nitrogens with zero attached hydrogens (tertiary/aromatic N) is 2. The molecule has 0 aliphatic heterocycles. The largest absolute Gasteiger partial charge is 0.344 e. The van der Waals surface area contributed by atoms with Crippen LogP contribution in [0.15, 0.2) is 30.2 Å². The number of hydrogen-bond acceptors (Lipinski definition) is 2. The molecule has 0 radical (unpaired) electrons. The lowest BCUT2D eigenvalue weighted by Gasteiger charge is -1.99. The van der Waals surface area contributed by atoms with Gasteiger partial charge in [0.15, 0.2) is 11.7 Å². The Morgan fingerprint density at radius 1 is 1.91 bits per heavy atom. The third-order valence-electron chi connectivity index (χ3n) is 1.18. The molecule has 0 aliphatic rings. The van der Waals surface area contributed by atoms with Crippen molar-refractivity contribution in [1.29, 1.82) is 0 Å². The predicted molar refractivity (Wildman–Crippen MR) is 44.4 cm³/mol. The standard InChI is InChI=1S/C7H10N4/c1-3-9-6(8-2)7-10-4-5-11-7/h3-5H,1H2,2H3,(H,8,9)(H,10,11). The number of aromatic nitrogens is 2. The zero-order valence-electron chi connectivity index (χ0n) is 6.33. The molecule has 2 N–H and O–H groups in total. The van der Waals surface area contributed by atoms with E-state index < -0.39 is 0 Å². The second-order valence-corrected chi connectivity index (χ2v) is 1.86. The first kappa shape index (κ1) is 7.53. The zero-order valence-corrected chi connectivity index (χ0v) is 6.33. The third-order valence-corrected chi connectivity index (χ3v) is 1.18. The van der Waals surface area contributed by atoms with E-state index in [1.54, 1.807) is 25.6 Å². The Kier molecular flexibility index (Phi) is 2.43. The van der Waals surface area contributed by atoms with Crippen molar-refractivity contribution in [2.75, 3.05) is 7.05 Å². The SMILES string of the molecule is C=CNC(=NC)c1ncc[nH]1. The van der Waals surface area contributed by atoms with Crippen LogP contribution < -0.4 is 5.32 Å². The minimum atomic E-state index is 0.685. The lowest BCUT2D eigenvalue weighted by atomic mass is 10.5. The van der Waals surface area contributed by atoms with Gasteiger partial charge in [-0.2, -0.15) is 0 Å². The molecule has 0 saturated heterocycles. The molecule has 58 valence electrons. The summed E-state index contributed by atoms with van der Waals surface area (Å²) in [5.41, 5.74) is 0. The first-order chi connectivity index (χ1) is 5.38. The van der Waals surface area contributed by atoms with Gasteiger partial charge in [-0.3, -0.25) is 4.99 Å². The van der Waals surface area contributed by atoms with E-state index in [4.69, 9.17) is 0 Å². The van der Waals surface area contributed by atoms with E-state index in [0.717, 1.165) is 0 Å². The molecule has 0 bridgehead atoms. The fraction of sp³-hybridized carbons (Fsp3) is 0.143. The van der Waals surface area contributed by atoms with Crippen molar-refractivity contribution in [2.24, 2.45) is 4.99 Å². The van der Waals surface area contributed by atoms with Gasteiger partial charge in [-0.05, 0) is 6.20 Å². The van der Waals surface area contributed by atoms with Crippen molar-refractivity contribution in [3.05, 3.63) is 31.0 Å². The number of rotatable bonds is 2. The Bertz CT molecular complexity index is 247. The minimum Gasteiger partial charge on any atom is -0.344 e. The summed E-state index contributed by atoms with van der Waals surface area (Å²) in [5.74, 6) is 1.40. The van der Waals surface area contributed by atoms with Crippen LogP contribution in [0, 0.1) is 0 Å². The van der Waals surface area contributed by atoms with Gasteiger partial charge >= 0.3 is 0 Å². The number of hydrogen-bond donors (Lipinski definition) is 2. The lowest BCUT2D eigenvalue weighted by Crippen LogP contribution is -2.19. The summed E-state index contributed by atoms with van der Waals surface area (Å²) in [7, 11) is 1.69. The van der Waals surface area contributed by atoms with Gasteiger partial charge in [0.2, 0.25) is 0 Å². The van der Waals surface area contributed by atoms with Crippen LogP contribution >= 0.6 is 0 Å². The van der Waals surface area contributed by atoms with Gasteiger partial charge < -0.3 is 10.3 Å². The van der Waals surface area contributed by atoms with Crippen LogP contribution in [0.2, 0.25) is 0 Å². The number of aliphatic imine (C=N–C) groups is 1. The minimum absolute atomic E-state index is 0.685. The summed E-state index contributed by atoms with van der Waals surface area (Å²) < 4.78 is 0. The number of nitrogens with one attached hydrogen (secondary N) is 2. The second-order valence-electron chi connectivity index (χ2n) is 1.86. The molecule has 4 nitrogen and oxygen atoms in total. The summed E-state index contributed by atoms with van der Waals surface area (Å²) in [6, 6.07) is 0. The molecule has 0 aliphatic carbocycles. The topological polar surface area (TPSA) is 53.1 Å². The van der Waals surface area contributed by atoms with Gasteiger partial charge in [0.25, 0.3) is 0 Å². The highest BCUT2D eigenvalue weighted by Gasteiger charge is 2.00. The van der Waals surface area contributed by atoms with Crippen molar-refractivity contribution in [2.45, 2.75) is 0 Å². The Hall–Kier alpha value is -1.58. The summed E-state index contributed by atoms with van der Waals surface area (Å²) >= 11 is 0. The molecule has 0 saturated carbocycles. The summed E-state index contributed by atoms with van der Waals surface area (Å²) in [6.45, 7) is 3.52. The van der Waals surface area contributed by atoms with E-state index in [-0.39, 0.29) is 0 Å². The van der Waals surface area contributed by atoms with Gasteiger partial charge in [-0.15, -0.1) is 0 Å². The number of amidine groups is 1. The highest BCUT2D eigenvalue weighted by Crippen LogP contribution is 1.88. The van der Waals surface area contributed by atoms with Gasteiger partial charge in [-0.25, -0.2) is 4.98 Å². The highest BCUT2D eigenvalue weighted by atomic mass is 15.0. The van der Waals surface area contributed by atoms with E-state index in [9.17, 15) is 0 Å². The normalized spacial score (nSPS) is 11.2. The smallest absolute Gasteiger partial charge is 0.173 e. The van der Waals surface area contributed by atoms with Crippen LogP contribution in [0.3, 0.4) is 0 Å². The number of H-pyrrole nitrogens is 1. The number of imidazole rings is 1. The molecular formula is C7H10N4. The molecule has 0 spiro atoms. The Morgan fingerprint density at radius 2 is 2.73 bits per heavy atom. The van der Waals surface area contributed by atoms with E-state index in [1.165, 1.54) is 0 Å². The van der Waals surface area contributed by atoms with E-state index in [0.29, 0.717) is 11.7 Å². The fourth-order valence-corrected chi connectivity index (χ4v) is 0.730. The molecule has 0 aromatic carbocycles. The van der Waals surface area contributed by atoms with Crippen molar-refractivity contribution in [3.63, 3.8) is 0 Å². The second kappa shape index (κ2) is 3.55. The number of aromatic amines is 1. The van der Waals surface area contributed by atoms with Gasteiger partial charge in [0, 0.05) is 19.4 Å². The maximum atomic E-state index is 4.01. The molecule has 0 unspecified atom stereocenters. The first-order valence-corrected chi connectivity index (χ1v) is 3.22. The molecule has 1 heterocycles. The lowest BCUT2D eigenvalue weighted by molar-refractivity contribution is 1.15. The molecule has 0 amide bonds. The van der Waals surface area contributed by atoms with Crippen LogP contribution in [0.25, 0.3) is 0 Å². The average molecular weight is 150 g/mol. The average Bonchev–Trinajstić information content (AvgIpc) is 2.52. The fourth-order valence-electron chi connectivity index (χ4n) is 0.730. The van der Waals surface area contributed by atoms with Gasteiger partial charge in [0.1, 0.15) is 0 Å². The van der Waals surface area contributed by atoms with Crippen LogP contribution in [-0.2, 0) is 0 Å². The molecule has 0 fully saturated rings. The molecule has 0 atom stereocenters. The van der Waals surface area contributed by atoms with Crippen LogP contribution in [-0.4, -0.2) is 22.9 Å². The summed E-state index contributed by atoms with van der Waals surface area (Å²) in [5, 5.41) is 2.85. The van der Waals surface area contributed by atoms with Crippen LogP contribution in [0.5, 0.6) is 0 Å². The molecule has 1 rings (SSSR count). The molecule has 1 aromatic heterocycles. The van der Waals surface area contributed by atoms with E-state index >= 15 is 0 Å². The monoisotopic (exact) mass is 150 g/mol. The van der Waals surface area contributed by atoms with E-state index in [1.807, 2.05) is 0 Å². The van der Waals surface area contributed by atoms with Crippen molar-refractivity contribution in [3.8, 4) is 0 Å². The maximum absolute atomic E-state index is 4.01. The maximum Gasteiger partial charge on any atom is 0.173 e. The first-order valence-electron chi connectivity index (χ1n) is 3.22. The van der Waals surface area contributed by atoms with Crippen molar-refractivity contribution >= 4 is 5.84 Å². The zero-order chi connectivity index (χ0) is 8.10. The van der Waals surface area contributed by atoms with Gasteiger partial charge in [-0.1, -0.05) is 6.58 Å². The summed E-state index contributed by atoms with van der Waals surface area (Å²) in [6.07, 6.45) is 4.97. The van der Waals surface area contributed by atoms with Crippen LogP contribution in [0.4, 0.5) is 0 Å². The molecule has 4 heteroatoms. The van der Waals surface area contributed by atoms with Crippen LogP contribution in [0.1, 0.15) is 5.82 Å². The van der Waals surface area contributed by atoms with Gasteiger partial charge in [0.05, 0.1) is 0 Å². The molecule has 11 heavy (non-hydrogen) atoms. The predicted octanol–water partition coefficient (Wildman–Crippen LogP) is 0.519. The molecular weight excluding hydrogens is 140 g/mol. The summed E-state index contributed by atoms with van der Waals surface area (Å²) in [4.78, 5) is 10.9. The quantitative estimate of drug-likeness (QED) is 0.477. The Labute approximate surface area is 65.1 Å².